The van der Waals surface area contributed by atoms with Crippen molar-refractivity contribution < 1.29 is 0 Å². The summed E-state index contributed by atoms with van der Waals surface area (Å²) < 4.78 is 2.55. The lowest BCUT2D eigenvalue weighted by Gasteiger charge is -2.30. The number of hydrogen-bond acceptors (Lipinski definition) is 1. The Morgan fingerprint density at radius 1 is 0.732 bits per heavy atom. The molecule has 0 fully saturated rings. The maximum Gasteiger partial charge on any atom is 0.0542 e. The van der Waals surface area contributed by atoms with Crippen LogP contribution in [0.1, 0.15) is 53.6 Å². The van der Waals surface area contributed by atoms with Crippen LogP contribution in [0.3, 0.4) is 0 Å². The van der Waals surface area contributed by atoms with Crippen molar-refractivity contribution >= 4 is 45.2 Å². The number of aromatic nitrogens is 1. The van der Waals surface area contributed by atoms with E-state index in [1.165, 1.54) is 72.4 Å². The Balaban J connectivity index is 1.36. The lowest BCUT2D eigenvalue weighted by Crippen LogP contribution is -2.19. The normalized spacial score (nSPS) is 20.2. The molecule has 4 aliphatic rings. The van der Waals surface area contributed by atoms with E-state index in [-0.39, 0.29) is 0 Å². The number of aryl methyl sites for hydroxylation is 1. The van der Waals surface area contributed by atoms with Gasteiger partial charge in [0.1, 0.15) is 0 Å². The highest BCUT2D eigenvalue weighted by Gasteiger charge is 2.40. The van der Waals surface area contributed by atoms with Crippen LogP contribution in [0.5, 0.6) is 0 Å². The molecule has 2 heterocycles. The molecule has 0 spiro atoms. The first kappa shape index (κ1) is 23.2. The van der Waals surface area contributed by atoms with Gasteiger partial charge < -0.3 is 9.47 Å². The van der Waals surface area contributed by atoms with Crippen LogP contribution in [0.15, 0.2) is 109 Å². The third-order valence-electron chi connectivity index (χ3n) is 9.75. The minimum atomic E-state index is 0.345. The molecular weight excluding hydrogens is 496 g/mol. The molecule has 2 nitrogen and oxygen atoms in total. The average molecular weight is 529 g/mol. The Kier molecular flexibility index (Phi) is 4.93. The minimum Gasteiger partial charge on any atom is -0.313 e. The summed E-state index contributed by atoms with van der Waals surface area (Å²) in [6, 6.07) is 27.5. The second-order valence-corrected chi connectivity index (χ2v) is 12.0. The molecule has 0 radical (unpaired) electrons. The predicted molar refractivity (Wildman–Crippen MR) is 173 cm³/mol. The van der Waals surface area contributed by atoms with Gasteiger partial charge in [0.25, 0.3) is 0 Å². The van der Waals surface area contributed by atoms with Gasteiger partial charge in [-0.3, -0.25) is 0 Å². The van der Waals surface area contributed by atoms with Gasteiger partial charge in [-0.2, -0.15) is 0 Å². The summed E-state index contributed by atoms with van der Waals surface area (Å²) in [6.07, 6.45) is 20.7. The first-order chi connectivity index (χ1) is 20.3. The van der Waals surface area contributed by atoms with Crippen molar-refractivity contribution in [2.75, 3.05) is 4.90 Å². The lowest BCUT2D eigenvalue weighted by atomic mass is 9.83. The van der Waals surface area contributed by atoms with E-state index in [2.05, 4.69) is 132 Å². The zero-order valence-electron chi connectivity index (χ0n) is 23.3. The summed E-state index contributed by atoms with van der Waals surface area (Å²) in [5, 5.41) is 3.98. The van der Waals surface area contributed by atoms with Crippen LogP contribution in [-0.2, 0) is 12.8 Å². The second kappa shape index (κ2) is 8.72. The fraction of sp³-hybridized carbons (Fsp3) is 0.179. The molecule has 198 valence electrons. The molecular formula is C39H32N2. The maximum atomic E-state index is 2.61. The molecule has 1 aliphatic heterocycles. The number of hydrogen-bond donors (Lipinski definition) is 0. The van der Waals surface area contributed by atoms with Crippen molar-refractivity contribution in [1.29, 1.82) is 0 Å². The van der Waals surface area contributed by atoms with Gasteiger partial charge in [-0.1, -0.05) is 85.8 Å². The fourth-order valence-corrected chi connectivity index (χ4v) is 7.93. The smallest absolute Gasteiger partial charge is 0.0542 e. The van der Waals surface area contributed by atoms with Crippen molar-refractivity contribution in [3.63, 3.8) is 0 Å². The quantitative estimate of drug-likeness (QED) is 0.221. The number of rotatable bonds is 2. The summed E-state index contributed by atoms with van der Waals surface area (Å²) in [5.74, 6) is 0.781. The van der Waals surface area contributed by atoms with Gasteiger partial charge >= 0.3 is 0 Å². The monoisotopic (exact) mass is 528 g/mol. The lowest BCUT2D eigenvalue weighted by molar-refractivity contribution is 0.618. The first-order valence-electron chi connectivity index (χ1n) is 15.1. The summed E-state index contributed by atoms with van der Waals surface area (Å²) >= 11 is 0. The van der Waals surface area contributed by atoms with Gasteiger partial charge in [-0.25, -0.2) is 0 Å². The molecule has 9 rings (SSSR count). The van der Waals surface area contributed by atoms with E-state index in [1.54, 1.807) is 0 Å². The van der Waals surface area contributed by atoms with Crippen LogP contribution in [0, 0.1) is 5.92 Å². The van der Waals surface area contributed by atoms with E-state index < -0.39 is 0 Å². The van der Waals surface area contributed by atoms with Crippen LogP contribution >= 0.6 is 0 Å². The van der Waals surface area contributed by atoms with Gasteiger partial charge in [-0.05, 0) is 95.7 Å². The van der Waals surface area contributed by atoms with Crippen molar-refractivity contribution in [2.45, 2.75) is 38.5 Å². The highest BCUT2D eigenvalue weighted by molar-refractivity contribution is 6.00. The summed E-state index contributed by atoms with van der Waals surface area (Å²) in [6.45, 7) is 2.38. The van der Waals surface area contributed by atoms with Crippen LogP contribution in [0.2, 0.25) is 0 Å². The van der Waals surface area contributed by atoms with E-state index in [0.717, 1.165) is 25.7 Å². The number of allylic oxidation sites excluding steroid dienone is 6. The topological polar surface area (TPSA) is 8.17 Å². The van der Waals surface area contributed by atoms with Crippen LogP contribution in [-0.4, -0.2) is 4.57 Å². The van der Waals surface area contributed by atoms with E-state index >= 15 is 0 Å². The molecule has 1 aromatic heterocycles. The Hall–Kier alpha value is -4.56. The van der Waals surface area contributed by atoms with E-state index in [1.807, 2.05) is 0 Å². The zero-order valence-corrected chi connectivity index (χ0v) is 23.3. The van der Waals surface area contributed by atoms with Crippen molar-refractivity contribution in [1.82, 2.24) is 4.57 Å². The average Bonchev–Trinajstić information content (AvgIpc) is 3.52. The number of anilines is 2. The van der Waals surface area contributed by atoms with Gasteiger partial charge in [0.15, 0.2) is 0 Å². The molecule has 0 bridgehead atoms. The molecule has 0 saturated carbocycles. The predicted octanol–water partition coefficient (Wildman–Crippen LogP) is 10.0. The van der Waals surface area contributed by atoms with Gasteiger partial charge in [0.2, 0.25) is 0 Å². The summed E-state index contributed by atoms with van der Waals surface area (Å²) in [4.78, 5) is 2.61. The molecule has 2 heteroatoms. The Morgan fingerprint density at radius 2 is 1.54 bits per heavy atom. The third-order valence-corrected chi connectivity index (χ3v) is 9.75. The van der Waals surface area contributed by atoms with Crippen LogP contribution in [0.25, 0.3) is 39.5 Å². The Morgan fingerprint density at radius 3 is 2.49 bits per heavy atom. The molecule has 41 heavy (non-hydrogen) atoms. The summed E-state index contributed by atoms with van der Waals surface area (Å²) in [7, 11) is 0. The molecule has 2 unspecified atom stereocenters. The Labute approximate surface area is 241 Å². The first-order valence-corrected chi connectivity index (χ1v) is 15.1. The largest absolute Gasteiger partial charge is 0.313 e. The van der Waals surface area contributed by atoms with Crippen LogP contribution < -0.4 is 4.90 Å². The van der Waals surface area contributed by atoms with Gasteiger partial charge in [-0.15, -0.1) is 0 Å². The molecule has 2 atom stereocenters. The highest BCUT2D eigenvalue weighted by atomic mass is 15.2. The van der Waals surface area contributed by atoms with Crippen molar-refractivity contribution in [3.05, 3.63) is 137 Å². The maximum absolute atomic E-state index is 2.61. The number of nitrogens with zero attached hydrogens (tertiary/aromatic N) is 2. The molecule has 0 saturated heterocycles. The standard InChI is InChI=1S/C39H32N2/c1-25-11-8-22-36-39(25)32-24-37-31(23-38(32)41(36)34-21-10-15-27-13-3-5-17-29(27)34)30-18-6-7-19-35(30)40(37)33-20-9-14-26-12-2-4-16-28(26)33/h2-4,7-16,19-25,39H,5-6,17-18H2,1H3. The van der Waals surface area contributed by atoms with E-state index in [0.29, 0.717) is 11.8 Å². The zero-order chi connectivity index (χ0) is 27.1. The highest BCUT2D eigenvalue weighted by Crippen LogP contribution is 2.55. The SMILES string of the molecule is CC1C=CC=C2C1c1cc3c(cc1N2c1cccc2c1CCC=C2)c1c(n3-c2cccc3ccccc23)C=CCC1. The third kappa shape index (κ3) is 3.25. The Bertz CT molecular complexity index is 2020. The molecule has 0 amide bonds. The fourth-order valence-electron chi connectivity index (χ4n) is 7.93. The van der Waals surface area contributed by atoms with Gasteiger partial charge in [0.05, 0.1) is 16.9 Å². The summed E-state index contributed by atoms with van der Waals surface area (Å²) in [5.41, 5.74) is 13.8. The molecule has 3 aliphatic carbocycles. The minimum absolute atomic E-state index is 0.345. The van der Waals surface area contributed by atoms with E-state index in [4.69, 9.17) is 0 Å². The van der Waals surface area contributed by atoms with Crippen molar-refractivity contribution in [2.24, 2.45) is 5.92 Å². The van der Waals surface area contributed by atoms with Crippen molar-refractivity contribution in [3.8, 4) is 5.69 Å². The number of fused-ring (bicyclic) bond motifs is 8. The van der Waals surface area contributed by atoms with E-state index in [9.17, 15) is 0 Å². The second-order valence-electron chi connectivity index (χ2n) is 12.0. The molecule has 5 aromatic rings. The van der Waals surface area contributed by atoms with Gasteiger partial charge in [0, 0.05) is 33.8 Å². The number of benzene rings is 4. The van der Waals surface area contributed by atoms with Crippen LogP contribution in [0.4, 0.5) is 11.4 Å². The molecule has 0 N–H and O–H groups in total. The molecule has 4 aromatic carbocycles.